The maximum Gasteiger partial charge on any atom is 0.256 e. The third-order valence-corrected chi connectivity index (χ3v) is 5.03. The fourth-order valence-electron chi connectivity index (χ4n) is 3.14. The van der Waals surface area contributed by atoms with Gasteiger partial charge in [-0.15, -0.1) is 0 Å². The number of hydrogen-bond donors (Lipinski definition) is 1. The van der Waals surface area contributed by atoms with Crippen LogP contribution in [-0.4, -0.2) is 24.0 Å². The molecule has 1 aliphatic heterocycles. The Labute approximate surface area is 171 Å². The number of hydrogen-bond acceptors (Lipinski definition) is 4. The van der Waals surface area contributed by atoms with E-state index in [1.165, 1.54) is 5.56 Å². The van der Waals surface area contributed by atoms with E-state index in [1.54, 1.807) is 18.3 Å². The molecule has 1 N–H and O–H groups in total. The number of aromatic nitrogens is 1. The summed E-state index contributed by atoms with van der Waals surface area (Å²) in [4.78, 5) is 17.0. The van der Waals surface area contributed by atoms with Crippen LogP contribution in [0.2, 0.25) is 0 Å². The summed E-state index contributed by atoms with van der Waals surface area (Å²) in [7, 11) is 0. The molecule has 6 heteroatoms. The molecule has 0 aliphatic carbocycles. The minimum atomic E-state index is -0.211. The summed E-state index contributed by atoms with van der Waals surface area (Å²) in [5.41, 5.74) is 1.58. The largest absolute Gasteiger partial charge is 0.493 e. The lowest BCUT2D eigenvalue weighted by atomic mass is 9.96. The zero-order chi connectivity index (χ0) is 19.3. The molecule has 0 bridgehead atoms. The Kier molecular flexibility index (Phi) is 5.58. The van der Waals surface area contributed by atoms with Crippen LogP contribution in [0.3, 0.4) is 0 Å². The highest BCUT2D eigenvalue weighted by Gasteiger charge is 2.21. The van der Waals surface area contributed by atoms with E-state index < -0.39 is 0 Å². The first-order chi connectivity index (χ1) is 13.7. The first-order valence-electron chi connectivity index (χ1n) is 9.06. The van der Waals surface area contributed by atoms with Crippen LogP contribution < -0.4 is 14.8 Å². The van der Waals surface area contributed by atoms with E-state index in [0.717, 1.165) is 16.6 Å². The molecule has 0 saturated carbocycles. The van der Waals surface area contributed by atoms with Crippen molar-refractivity contribution in [1.29, 1.82) is 0 Å². The summed E-state index contributed by atoms with van der Waals surface area (Å²) in [6.07, 6.45) is 2.49. The van der Waals surface area contributed by atoms with Gasteiger partial charge in [-0.25, -0.2) is 4.98 Å². The molecule has 0 fully saturated rings. The molecule has 3 aromatic rings. The minimum absolute atomic E-state index is 0.211. The van der Waals surface area contributed by atoms with Gasteiger partial charge in [0.2, 0.25) is 5.88 Å². The molecule has 142 valence electrons. The van der Waals surface area contributed by atoms with Crippen LogP contribution in [0.5, 0.6) is 17.4 Å². The highest BCUT2D eigenvalue weighted by molar-refractivity contribution is 9.10. The number of carbonyl (C=O) groups excluding carboxylic acids is 1. The van der Waals surface area contributed by atoms with Crippen molar-refractivity contribution in [3.63, 3.8) is 0 Å². The molecule has 2 aromatic carbocycles. The second-order valence-corrected chi connectivity index (χ2v) is 7.53. The van der Waals surface area contributed by atoms with Gasteiger partial charge in [0, 0.05) is 23.1 Å². The number of fused-ring (bicyclic) bond motifs is 1. The molecular weight excluding hydrogens is 420 g/mol. The van der Waals surface area contributed by atoms with Crippen molar-refractivity contribution in [3.8, 4) is 17.4 Å². The summed E-state index contributed by atoms with van der Waals surface area (Å²) < 4.78 is 12.5. The number of rotatable bonds is 5. The number of amides is 1. The molecule has 0 saturated heterocycles. The first-order valence-corrected chi connectivity index (χ1v) is 9.85. The normalized spacial score (nSPS) is 15.2. The quantitative estimate of drug-likeness (QED) is 0.631. The van der Waals surface area contributed by atoms with Crippen molar-refractivity contribution in [2.75, 3.05) is 13.2 Å². The molecule has 28 heavy (non-hydrogen) atoms. The molecule has 1 atom stereocenters. The zero-order valence-corrected chi connectivity index (χ0v) is 16.7. The van der Waals surface area contributed by atoms with Crippen LogP contribution in [0.25, 0.3) is 0 Å². The molecule has 0 spiro atoms. The maximum atomic E-state index is 12.7. The molecule has 0 radical (unpaired) electrons. The number of pyridine rings is 1. The first kappa shape index (κ1) is 18.5. The summed E-state index contributed by atoms with van der Waals surface area (Å²) in [6, 6.07) is 18.9. The van der Waals surface area contributed by atoms with E-state index >= 15 is 0 Å². The van der Waals surface area contributed by atoms with Crippen molar-refractivity contribution < 1.29 is 14.3 Å². The Morgan fingerprint density at radius 2 is 2.07 bits per heavy atom. The van der Waals surface area contributed by atoms with Crippen LogP contribution in [0, 0.1) is 5.92 Å². The monoisotopic (exact) mass is 438 g/mol. The molecule has 1 amide bonds. The Hall–Kier alpha value is -2.86. The van der Waals surface area contributed by atoms with Gasteiger partial charge in [-0.1, -0.05) is 40.2 Å². The lowest BCUT2D eigenvalue weighted by Gasteiger charge is -2.25. The maximum absolute atomic E-state index is 12.7. The van der Waals surface area contributed by atoms with Gasteiger partial charge in [0.05, 0.1) is 6.61 Å². The van der Waals surface area contributed by atoms with Gasteiger partial charge in [0.15, 0.2) is 0 Å². The number of halogens is 1. The van der Waals surface area contributed by atoms with Crippen LogP contribution in [0.4, 0.5) is 0 Å². The van der Waals surface area contributed by atoms with E-state index in [1.807, 2.05) is 42.5 Å². The van der Waals surface area contributed by atoms with Crippen LogP contribution in [0.15, 0.2) is 71.3 Å². The smallest absolute Gasteiger partial charge is 0.256 e. The molecular formula is C22H19BrN2O3. The Morgan fingerprint density at radius 1 is 1.18 bits per heavy atom. The second-order valence-electron chi connectivity index (χ2n) is 6.61. The van der Waals surface area contributed by atoms with Gasteiger partial charge in [-0.3, -0.25) is 4.79 Å². The van der Waals surface area contributed by atoms with Gasteiger partial charge in [0.1, 0.15) is 17.1 Å². The van der Waals surface area contributed by atoms with Gasteiger partial charge in [-0.2, -0.15) is 0 Å². The Balaban J connectivity index is 1.41. The topological polar surface area (TPSA) is 60.5 Å². The van der Waals surface area contributed by atoms with Crippen molar-refractivity contribution >= 4 is 21.8 Å². The van der Waals surface area contributed by atoms with E-state index in [-0.39, 0.29) is 17.7 Å². The lowest BCUT2D eigenvalue weighted by Crippen LogP contribution is -2.35. The highest BCUT2D eigenvalue weighted by atomic mass is 79.9. The van der Waals surface area contributed by atoms with Crippen molar-refractivity contribution in [3.05, 3.63) is 82.5 Å². The third kappa shape index (κ3) is 4.34. The van der Waals surface area contributed by atoms with Gasteiger partial charge in [0.25, 0.3) is 5.91 Å². The molecule has 2 heterocycles. The highest BCUT2D eigenvalue weighted by Crippen LogP contribution is 2.27. The fourth-order valence-corrected chi connectivity index (χ4v) is 3.52. The molecule has 0 unspecified atom stereocenters. The summed E-state index contributed by atoms with van der Waals surface area (Å²) >= 11 is 3.41. The minimum Gasteiger partial charge on any atom is -0.493 e. The van der Waals surface area contributed by atoms with Crippen molar-refractivity contribution in [2.45, 2.75) is 6.42 Å². The van der Waals surface area contributed by atoms with E-state index in [4.69, 9.17) is 9.47 Å². The fraction of sp³-hybridized carbons (Fsp3) is 0.182. The third-order valence-electron chi connectivity index (χ3n) is 4.53. The molecule has 1 aliphatic rings. The van der Waals surface area contributed by atoms with Gasteiger partial charge in [-0.05, 0) is 48.4 Å². The van der Waals surface area contributed by atoms with Crippen molar-refractivity contribution in [2.24, 2.45) is 5.92 Å². The number of ether oxygens (including phenoxy) is 2. The summed E-state index contributed by atoms with van der Waals surface area (Å²) in [6.45, 7) is 1.12. The zero-order valence-electron chi connectivity index (χ0n) is 15.1. The molecule has 1 aromatic heterocycles. The average molecular weight is 439 g/mol. The van der Waals surface area contributed by atoms with Crippen LogP contribution >= 0.6 is 15.9 Å². The van der Waals surface area contributed by atoms with E-state index in [0.29, 0.717) is 24.5 Å². The predicted molar refractivity (Wildman–Crippen MR) is 110 cm³/mol. The molecule has 4 rings (SSSR count). The van der Waals surface area contributed by atoms with Crippen LogP contribution in [0.1, 0.15) is 15.9 Å². The van der Waals surface area contributed by atoms with E-state index in [2.05, 4.69) is 32.3 Å². The standard InChI is InChI=1S/C22H19BrN2O3/c23-17-6-3-7-18(12-17)28-22-19(8-4-10-24-22)21(26)25-13-15-11-16-5-1-2-9-20(16)27-14-15/h1-10,12,15H,11,13-14H2,(H,25,26)/t15-/m1/s1. The lowest BCUT2D eigenvalue weighted by molar-refractivity contribution is 0.0936. The second kappa shape index (κ2) is 8.44. The van der Waals surface area contributed by atoms with Gasteiger partial charge < -0.3 is 14.8 Å². The SMILES string of the molecule is O=C(NC[C@@H]1COc2ccccc2C1)c1cccnc1Oc1cccc(Br)c1. The predicted octanol–water partition coefficient (Wildman–Crippen LogP) is 4.62. The molecule has 5 nitrogen and oxygen atoms in total. The summed E-state index contributed by atoms with van der Waals surface area (Å²) in [5.74, 6) is 1.84. The number of carbonyl (C=O) groups is 1. The number of nitrogens with one attached hydrogen (secondary N) is 1. The number of nitrogens with zero attached hydrogens (tertiary/aromatic N) is 1. The summed E-state index contributed by atoms with van der Waals surface area (Å²) in [5, 5.41) is 2.99. The van der Waals surface area contributed by atoms with Gasteiger partial charge >= 0.3 is 0 Å². The van der Waals surface area contributed by atoms with Crippen molar-refractivity contribution in [1.82, 2.24) is 10.3 Å². The Morgan fingerprint density at radius 3 is 2.96 bits per heavy atom. The van der Waals surface area contributed by atoms with E-state index in [9.17, 15) is 4.79 Å². The Bertz CT molecular complexity index is 993. The average Bonchev–Trinajstić information content (AvgIpc) is 2.72. The van der Waals surface area contributed by atoms with Crippen LogP contribution in [-0.2, 0) is 6.42 Å². The number of benzene rings is 2. The number of para-hydroxylation sites is 1.